The molecule has 1 aromatic rings. The van der Waals surface area contributed by atoms with Crippen LogP contribution in [0, 0.1) is 0 Å². The van der Waals surface area contributed by atoms with Gasteiger partial charge >= 0.3 is 0 Å². The molecule has 0 aliphatic rings. The highest BCUT2D eigenvalue weighted by molar-refractivity contribution is 4.95. The summed E-state index contributed by atoms with van der Waals surface area (Å²) in [4.78, 5) is 0. The predicted octanol–water partition coefficient (Wildman–Crippen LogP) is 0.263. The van der Waals surface area contributed by atoms with Gasteiger partial charge < -0.3 is 9.84 Å². The summed E-state index contributed by atoms with van der Waals surface area (Å²) in [5.74, 6) is 0. The van der Waals surface area contributed by atoms with Crippen molar-refractivity contribution in [3.63, 3.8) is 0 Å². The van der Waals surface area contributed by atoms with Crippen LogP contribution >= 0.6 is 0 Å². The number of rotatable bonds is 4. The summed E-state index contributed by atoms with van der Waals surface area (Å²) in [6, 6.07) is 0. The van der Waals surface area contributed by atoms with Crippen molar-refractivity contribution in [1.82, 2.24) is 15.4 Å². The first-order chi connectivity index (χ1) is 5.70. The van der Waals surface area contributed by atoms with Gasteiger partial charge in [-0.25, -0.2) is 0 Å². The normalized spacial score (nSPS) is 13.7. The van der Waals surface area contributed by atoms with Gasteiger partial charge in [-0.15, -0.1) is 0 Å². The summed E-state index contributed by atoms with van der Waals surface area (Å²) in [7, 11) is 0. The highest BCUT2D eigenvalue weighted by Gasteiger charge is 2.10. The molecule has 68 valence electrons. The fourth-order valence-electron chi connectivity index (χ4n) is 0.740. The molecule has 0 spiro atoms. The van der Waals surface area contributed by atoms with Crippen LogP contribution in [0.1, 0.15) is 25.6 Å². The Morgan fingerprint density at radius 3 is 2.92 bits per heavy atom. The molecule has 1 heterocycles. The molecule has 0 saturated heterocycles. The highest BCUT2D eigenvalue weighted by atomic mass is 16.5. The second-order valence-electron chi connectivity index (χ2n) is 2.79. The predicted molar refractivity (Wildman–Crippen MR) is 42.4 cm³/mol. The standard InChI is InChI=1S/C7H13N3O2/c1-5(2)12-4-7(11)6-3-8-10-9-6/h3,5,7,11H,4H2,1-2H3,(H,8,9,10). The Morgan fingerprint density at radius 1 is 1.67 bits per heavy atom. The Bertz CT molecular complexity index is 210. The molecule has 1 atom stereocenters. The quantitative estimate of drug-likeness (QED) is 0.681. The zero-order chi connectivity index (χ0) is 8.97. The summed E-state index contributed by atoms with van der Waals surface area (Å²) in [6.07, 6.45) is 0.909. The lowest BCUT2D eigenvalue weighted by molar-refractivity contribution is 0.00324. The molecule has 0 aromatic carbocycles. The minimum Gasteiger partial charge on any atom is -0.384 e. The molecule has 0 fully saturated rings. The first-order valence-electron chi connectivity index (χ1n) is 3.85. The van der Waals surface area contributed by atoms with Crippen molar-refractivity contribution < 1.29 is 9.84 Å². The topological polar surface area (TPSA) is 71.0 Å². The Hall–Kier alpha value is -0.940. The zero-order valence-electron chi connectivity index (χ0n) is 7.19. The van der Waals surface area contributed by atoms with Crippen LogP contribution in [0.25, 0.3) is 0 Å². The number of nitrogens with one attached hydrogen (secondary N) is 1. The lowest BCUT2D eigenvalue weighted by atomic mass is 10.3. The largest absolute Gasteiger partial charge is 0.384 e. The SMILES string of the molecule is CC(C)OCC(O)c1cn[nH]n1. The summed E-state index contributed by atoms with van der Waals surface area (Å²) < 4.78 is 5.20. The third-order valence-corrected chi connectivity index (χ3v) is 1.36. The Morgan fingerprint density at radius 2 is 2.42 bits per heavy atom. The summed E-state index contributed by atoms with van der Waals surface area (Å²) in [5, 5.41) is 19.1. The van der Waals surface area contributed by atoms with Gasteiger partial charge in [0.05, 0.1) is 18.9 Å². The number of aliphatic hydroxyl groups excluding tert-OH is 1. The molecule has 2 N–H and O–H groups in total. The number of aliphatic hydroxyl groups is 1. The van der Waals surface area contributed by atoms with E-state index >= 15 is 0 Å². The Labute approximate surface area is 70.7 Å². The van der Waals surface area contributed by atoms with E-state index in [9.17, 15) is 5.11 Å². The fraction of sp³-hybridized carbons (Fsp3) is 0.714. The van der Waals surface area contributed by atoms with Crippen LogP contribution in [0.3, 0.4) is 0 Å². The van der Waals surface area contributed by atoms with E-state index in [-0.39, 0.29) is 12.7 Å². The molecule has 5 heteroatoms. The molecule has 0 saturated carbocycles. The van der Waals surface area contributed by atoms with Crippen LogP contribution < -0.4 is 0 Å². The second kappa shape index (κ2) is 4.18. The first kappa shape index (κ1) is 9.15. The van der Waals surface area contributed by atoms with E-state index in [2.05, 4.69) is 15.4 Å². The maximum atomic E-state index is 9.41. The maximum Gasteiger partial charge on any atom is 0.123 e. The van der Waals surface area contributed by atoms with E-state index in [0.717, 1.165) is 0 Å². The molecule has 5 nitrogen and oxygen atoms in total. The molecule has 0 aliphatic carbocycles. The fourth-order valence-corrected chi connectivity index (χ4v) is 0.740. The van der Waals surface area contributed by atoms with Crippen LogP contribution in [0.5, 0.6) is 0 Å². The van der Waals surface area contributed by atoms with Crippen LogP contribution in [-0.4, -0.2) is 33.2 Å². The zero-order valence-corrected chi connectivity index (χ0v) is 7.19. The van der Waals surface area contributed by atoms with Gasteiger partial charge in [-0.1, -0.05) is 0 Å². The maximum absolute atomic E-state index is 9.41. The van der Waals surface area contributed by atoms with Gasteiger partial charge in [0.25, 0.3) is 0 Å². The Balaban J connectivity index is 2.34. The van der Waals surface area contributed by atoms with Crippen LogP contribution in [0.2, 0.25) is 0 Å². The van der Waals surface area contributed by atoms with Gasteiger partial charge in [-0.2, -0.15) is 15.4 Å². The molecule has 1 rings (SSSR count). The molecular formula is C7H13N3O2. The average Bonchev–Trinajstić information content (AvgIpc) is 2.51. The molecular weight excluding hydrogens is 158 g/mol. The van der Waals surface area contributed by atoms with Crippen molar-refractivity contribution in [3.8, 4) is 0 Å². The van der Waals surface area contributed by atoms with E-state index in [0.29, 0.717) is 5.69 Å². The minimum absolute atomic E-state index is 0.117. The van der Waals surface area contributed by atoms with Crippen LogP contribution in [0.4, 0.5) is 0 Å². The molecule has 12 heavy (non-hydrogen) atoms. The third kappa shape index (κ3) is 2.60. The average molecular weight is 171 g/mol. The number of aromatic amines is 1. The number of hydrogen-bond acceptors (Lipinski definition) is 4. The summed E-state index contributed by atoms with van der Waals surface area (Å²) >= 11 is 0. The van der Waals surface area contributed by atoms with Gasteiger partial charge in [0, 0.05) is 0 Å². The van der Waals surface area contributed by atoms with Gasteiger partial charge in [-0.05, 0) is 13.8 Å². The van der Waals surface area contributed by atoms with E-state index in [1.807, 2.05) is 13.8 Å². The van der Waals surface area contributed by atoms with Gasteiger partial charge in [0.15, 0.2) is 0 Å². The van der Waals surface area contributed by atoms with Crippen molar-refractivity contribution >= 4 is 0 Å². The second-order valence-corrected chi connectivity index (χ2v) is 2.79. The third-order valence-electron chi connectivity index (χ3n) is 1.36. The van der Waals surface area contributed by atoms with E-state index in [1.165, 1.54) is 6.20 Å². The molecule has 0 amide bonds. The molecule has 0 bridgehead atoms. The molecule has 1 unspecified atom stereocenters. The molecule has 0 aliphatic heterocycles. The first-order valence-corrected chi connectivity index (χ1v) is 3.85. The van der Waals surface area contributed by atoms with E-state index < -0.39 is 6.10 Å². The van der Waals surface area contributed by atoms with Crippen LogP contribution in [-0.2, 0) is 4.74 Å². The van der Waals surface area contributed by atoms with Crippen molar-refractivity contribution in [1.29, 1.82) is 0 Å². The number of aromatic nitrogens is 3. The van der Waals surface area contributed by atoms with E-state index in [4.69, 9.17) is 4.74 Å². The highest BCUT2D eigenvalue weighted by Crippen LogP contribution is 2.08. The lowest BCUT2D eigenvalue weighted by Gasteiger charge is -2.10. The number of ether oxygens (including phenoxy) is 1. The summed E-state index contributed by atoms with van der Waals surface area (Å²) in [6.45, 7) is 4.08. The minimum atomic E-state index is -0.689. The lowest BCUT2D eigenvalue weighted by Crippen LogP contribution is -2.12. The molecule has 1 aromatic heterocycles. The number of H-pyrrole nitrogens is 1. The monoisotopic (exact) mass is 171 g/mol. The van der Waals surface area contributed by atoms with Gasteiger partial charge in [0.1, 0.15) is 11.8 Å². The number of nitrogens with zero attached hydrogens (tertiary/aromatic N) is 2. The Kier molecular flexibility index (Phi) is 3.19. The van der Waals surface area contributed by atoms with E-state index in [1.54, 1.807) is 0 Å². The summed E-state index contributed by atoms with van der Waals surface area (Å²) in [5.41, 5.74) is 0.510. The van der Waals surface area contributed by atoms with Crippen molar-refractivity contribution in [2.45, 2.75) is 26.1 Å². The van der Waals surface area contributed by atoms with Crippen molar-refractivity contribution in [3.05, 3.63) is 11.9 Å². The molecule has 0 radical (unpaired) electrons. The smallest absolute Gasteiger partial charge is 0.123 e. The number of hydrogen-bond donors (Lipinski definition) is 2. The van der Waals surface area contributed by atoms with Crippen molar-refractivity contribution in [2.75, 3.05) is 6.61 Å². The van der Waals surface area contributed by atoms with Crippen molar-refractivity contribution in [2.24, 2.45) is 0 Å². The van der Waals surface area contributed by atoms with Crippen LogP contribution in [0.15, 0.2) is 6.20 Å². The van der Waals surface area contributed by atoms with Gasteiger partial charge in [0.2, 0.25) is 0 Å². The van der Waals surface area contributed by atoms with Gasteiger partial charge in [-0.3, -0.25) is 0 Å².